The van der Waals surface area contributed by atoms with Crippen molar-refractivity contribution in [2.24, 2.45) is 0 Å². The molecular formula is C4H11N. The third kappa shape index (κ3) is 0.618. The van der Waals surface area contributed by atoms with Crippen molar-refractivity contribution >= 4 is 0 Å². The van der Waals surface area contributed by atoms with Crippen LogP contribution in [0.25, 0.3) is 0 Å². The van der Waals surface area contributed by atoms with Crippen LogP contribution in [0, 0.1) is 0 Å². The van der Waals surface area contributed by atoms with Gasteiger partial charge < -0.3 is 5.32 Å². The van der Waals surface area contributed by atoms with Crippen molar-refractivity contribution in [1.29, 1.82) is 0 Å². The molecule has 0 aromatic carbocycles. The standard InChI is InChI=1S/C4H9N.H2/c1-2-4-5-3-1;/h5H,1-4H2;1H. The first-order chi connectivity index (χ1) is 2.50. The highest BCUT2D eigenvalue weighted by molar-refractivity contribution is 4.55. The van der Waals surface area contributed by atoms with Gasteiger partial charge in [0.25, 0.3) is 0 Å². The van der Waals surface area contributed by atoms with E-state index in [0.29, 0.717) is 0 Å². The highest BCUT2D eigenvalue weighted by Gasteiger charge is 1.93. The zero-order chi connectivity index (χ0) is 3.54. The largest absolute Gasteiger partial charge is 0.317 e. The Kier molecular flexibility index (Phi) is 0.892. The van der Waals surface area contributed by atoms with E-state index in [-0.39, 0.29) is 1.43 Å². The van der Waals surface area contributed by atoms with Gasteiger partial charge >= 0.3 is 0 Å². The van der Waals surface area contributed by atoms with E-state index in [1.54, 1.807) is 0 Å². The topological polar surface area (TPSA) is 12.0 Å². The molecule has 0 aromatic heterocycles. The van der Waals surface area contributed by atoms with E-state index in [0.717, 1.165) is 0 Å². The quantitative estimate of drug-likeness (QED) is 0.443. The predicted molar refractivity (Wildman–Crippen MR) is 24.2 cm³/mol. The molecule has 5 heavy (non-hydrogen) atoms. The normalized spacial score (nSPS) is 24.0. The summed E-state index contributed by atoms with van der Waals surface area (Å²) in [4.78, 5) is 0. The Bertz CT molecular complexity index is 19.1. The molecule has 0 amide bonds. The van der Waals surface area contributed by atoms with Crippen LogP contribution < -0.4 is 5.32 Å². The van der Waals surface area contributed by atoms with E-state index in [1.165, 1.54) is 25.9 Å². The molecule has 1 aliphatic heterocycles. The lowest BCUT2D eigenvalue weighted by Crippen LogP contribution is -2.03. The van der Waals surface area contributed by atoms with Gasteiger partial charge in [-0.1, -0.05) is 0 Å². The minimum atomic E-state index is 0. The fourth-order valence-corrected chi connectivity index (χ4v) is 0.625. The minimum Gasteiger partial charge on any atom is -0.317 e. The summed E-state index contributed by atoms with van der Waals surface area (Å²) >= 11 is 0. The molecule has 1 rings (SSSR count). The zero-order valence-electron chi connectivity index (χ0n) is 3.33. The molecule has 1 nitrogen and oxygen atoms in total. The Morgan fingerprint density at radius 1 is 1.20 bits per heavy atom. The zero-order valence-corrected chi connectivity index (χ0v) is 3.33. The van der Waals surface area contributed by atoms with Crippen molar-refractivity contribution in [2.45, 2.75) is 12.8 Å². The molecule has 0 radical (unpaired) electrons. The molecular weight excluding hydrogens is 62.1 g/mol. The molecule has 1 saturated heterocycles. The van der Waals surface area contributed by atoms with Gasteiger partial charge in [-0.25, -0.2) is 0 Å². The Labute approximate surface area is 33.9 Å². The smallest absolute Gasteiger partial charge is 0 e. The van der Waals surface area contributed by atoms with Gasteiger partial charge in [0, 0.05) is 1.43 Å². The van der Waals surface area contributed by atoms with Crippen molar-refractivity contribution in [3.05, 3.63) is 0 Å². The molecule has 1 aliphatic rings. The molecule has 0 atom stereocenters. The first-order valence-electron chi connectivity index (χ1n) is 2.21. The van der Waals surface area contributed by atoms with Gasteiger partial charge in [-0.2, -0.15) is 0 Å². The van der Waals surface area contributed by atoms with Crippen LogP contribution in [-0.2, 0) is 0 Å². The molecule has 32 valence electrons. The second kappa shape index (κ2) is 1.41. The van der Waals surface area contributed by atoms with Crippen LogP contribution in [0.4, 0.5) is 0 Å². The maximum atomic E-state index is 3.22. The van der Waals surface area contributed by atoms with Crippen molar-refractivity contribution < 1.29 is 1.43 Å². The van der Waals surface area contributed by atoms with Gasteiger partial charge in [0.2, 0.25) is 0 Å². The van der Waals surface area contributed by atoms with Crippen LogP contribution in [0.15, 0.2) is 0 Å². The van der Waals surface area contributed by atoms with Crippen LogP contribution >= 0.6 is 0 Å². The number of nitrogens with one attached hydrogen (secondary N) is 1. The third-order valence-electron chi connectivity index (χ3n) is 0.957. The molecule has 1 heteroatoms. The molecule has 0 saturated carbocycles. The Morgan fingerprint density at radius 2 is 1.80 bits per heavy atom. The van der Waals surface area contributed by atoms with Crippen LogP contribution in [0.1, 0.15) is 14.3 Å². The molecule has 0 bridgehead atoms. The van der Waals surface area contributed by atoms with E-state index in [4.69, 9.17) is 0 Å². The summed E-state index contributed by atoms with van der Waals surface area (Å²) in [7, 11) is 0. The summed E-state index contributed by atoms with van der Waals surface area (Å²) in [6.07, 6.45) is 2.78. The minimum absolute atomic E-state index is 0. The van der Waals surface area contributed by atoms with Crippen molar-refractivity contribution in [3.8, 4) is 0 Å². The van der Waals surface area contributed by atoms with E-state index in [2.05, 4.69) is 5.32 Å². The fourth-order valence-electron chi connectivity index (χ4n) is 0.625. The van der Waals surface area contributed by atoms with Crippen LogP contribution in [0.2, 0.25) is 0 Å². The van der Waals surface area contributed by atoms with Crippen molar-refractivity contribution in [3.63, 3.8) is 0 Å². The monoisotopic (exact) mass is 73.1 g/mol. The SMILES string of the molecule is C1CCNC1.[HH]. The van der Waals surface area contributed by atoms with Gasteiger partial charge in [0.05, 0.1) is 0 Å². The van der Waals surface area contributed by atoms with Gasteiger partial charge in [-0.15, -0.1) is 0 Å². The van der Waals surface area contributed by atoms with Gasteiger partial charge in [0.1, 0.15) is 0 Å². The number of hydrogen-bond acceptors (Lipinski definition) is 1. The molecule has 0 unspecified atom stereocenters. The second-order valence-electron chi connectivity index (χ2n) is 1.46. The fraction of sp³-hybridized carbons (Fsp3) is 1.00. The number of hydrogen-bond donors (Lipinski definition) is 1. The molecule has 0 aromatic rings. The maximum Gasteiger partial charge on any atom is 0 e. The first-order valence-corrected chi connectivity index (χ1v) is 2.21. The summed E-state index contributed by atoms with van der Waals surface area (Å²) in [5.41, 5.74) is 0. The third-order valence-corrected chi connectivity index (χ3v) is 0.957. The Balaban J connectivity index is 0.000000250. The van der Waals surface area contributed by atoms with E-state index >= 15 is 0 Å². The molecule has 0 spiro atoms. The van der Waals surface area contributed by atoms with E-state index < -0.39 is 0 Å². The molecule has 0 aliphatic carbocycles. The maximum absolute atomic E-state index is 3.22. The predicted octanol–water partition coefficient (Wildman–Crippen LogP) is 0.616. The van der Waals surface area contributed by atoms with Crippen molar-refractivity contribution in [2.75, 3.05) is 13.1 Å². The highest BCUT2D eigenvalue weighted by atomic mass is 14.9. The lowest BCUT2D eigenvalue weighted by Gasteiger charge is -1.76. The average Bonchev–Trinajstić information content (AvgIpc) is 1.76. The summed E-state index contributed by atoms with van der Waals surface area (Å²) in [6.45, 7) is 2.50. The van der Waals surface area contributed by atoms with Crippen LogP contribution in [0.3, 0.4) is 0 Å². The molecule has 1 fully saturated rings. The van der Waals surface area contributed by atoms with Crippen molar-refractivity contribution in [1.82, 2.24) is 5.32 Å². The van der Waals surface area contributed by atoms with Crippen LogP contribution in [0.5, 0.6) is 0 Å². The highest BCUT2D eigenvalue weighted by Crippen LogP contribution is 1.90. The van der Waals surface area contributed by atoms with Gasteiger partial charge in [-0.05, 0) is 25.9 Å². The Morgan fingerprint density at radius 3 is 2.00 bits per heavy atom. The van der Waals surface area contributed by atoms with Crippen LogP contribution in [-0.4, -0.2) is 13.1 Å². The average molecular weight is 73.1 g/mol. The van der Waals surface area contributed by atoms with Gasteiger partial charge in [-0.3, -0.25) is 0 Å². The summed E-state index contributed by atoms with van der Waals surface area (Å²) in [6, 6.07) is 0. The summed E-state index contributed by atoms with van der Waals surface area (Å²) in [5.74, 6) is 0. The van der Waals surface area contributed by atoms with Gasteiger partial charge in [0.15, 0.2) is 0 Å². The molecule has 1 heterocycles. The van der Waals surface area contributed by atoms with E-state index in [9.17, 15) is 0 Å². The Hall–Kier alpha value is -0.0400. The van der Waals surface area contributed by atoms with E-state index in [1.807, 2.05) is 0 Å². The summed E-state index contributed by atoms with van der Waals surface area (Å²) < 4.78 is 0. The first kappa shape index (κ1) is 3.16. The number of rotatable bonds is 0. The lowest BCUT2D eigenvalue weighted by molar-refractivity contribution is 0.857. The summed E-state index contributed by atoms with van der Waals surface area (Å²) in [5, 5.41) is 3.22. The lowest BCUT2D eigenvalue weighted by atomic mass is 10.4. The molecule has 1 N–H and O–H groups in total. The second-order valence-corrected chi connectivity index (χ2v) is 1.46.